The molecular formula is C12H14FNO4. The van der Waals surface area contributed by atoms with Gasteiger partial charge < -0.3 is 14.8 Å². The molecule has 0 spiro atoms. The van der Waals surface area contributed by atoms with Gasteiger partial charge in [-0.3, -0.25) is 4.79 Å². The lowest BCUT2D eigenvalue weighted by molar-refractivity contribution is -0.159. The number of esters is 1. The average Bonchev–Trinajstić information content (AvgIpc) is 2.28. The number of carbonyl (C=O) groups excluding carboxylic acids is 2. The summed E-state index contributed by atoms with van der Waals surface area (Å²) in [5, 5.41) is 2.52. The van der Waals surface area contributed by atoms with E-state index in [0.717, 1.165) is 0 Å². The number of alkyl halides is 1. The molecule has 1 aromatic carbocycles. The highest BCUT2D eigenvalue weighted by Crippen LogP contribution is 2.19. The first-order valence-corrected chi connectivity index (χ1v) is 5.38. The van der Waals surface area contributed by atoms with Gasteiger partial charge in [-0.25, -0.2) is 4.79 Å². The Morgan fingerprint density at radius 1 is 1.44 bits per heavy atom. The van der Waals surface area contributed by atoms with E-state index in [2.05, 4.69) is 10.1 Å². The molecule has 1 N–H and O–H groups in total. The number of amides is 1. The van der Waals surface area contributed by atoms with Crippen LogP contribution in [0.4, 0.5) is 10.1 Å². The summed E-state index contributed by atoms with van der Waals surface area (Å²) in [5.41, 5.74) is 0.455. The van der Waals surface area contributed by atoms with E-state index in [1.165, 1.54) is 19.1 Å². The molecule has 1 aromatic rings. The third kappa shape index (κ3) is 4.40. The van der Waals surface area contributed by atoms with Gasteiger partial charge in [-0.15, -0.1) is 0 Å². The summed E-state index contributed by atoms with van der Waals surface area (Å²) >= 11 is 0. The number of rotatable bonds is 5. The quantitative estimate of drug-likeness (QED) is 0.816. The van der Waals surface area contributed by atoms with E-state index in [4.69, 9.17) is 4.74 Å². The Hall–Kier alpha value is -2.11. The maximum absolute atomic E-state index is 13.3. The monoisotopic (exact) mass is 255 g/mol. The number of hydrogen-bond acceptors (Lipinski definition) is 4. The summed E-state index contributed by atoms with van der Waals surface area (Å²) in [4.78, 5) is 21.9. The molecule has 1 unspecified atom stereocenters. The maximum Gasteiger partial charge on any atom is 0.381 e. The van der Waals surface area contributed by atoms with Crippen molar-refractivity contribution >= 4 is 17.6 Å². The summed E-state index contributed by atoms with van der Waals surface area (Å²) in [7, 11) is 0. The predicted molar refractivity (Wildman–Crippen MR) is 62.9 cm³/mol. The molecule has 6 heteroatoms. The van der Waals surface area contributed by atoms with Crippen LogP contribution in [-0.2, 0) is 14.3 Å². The lowest BCUT2D eigenvalue weighted by Crippen LogP contribution is -2.24. The lowest BCUT2D eigenvalue weighted by Gasteiger charge is -2.11. The van der Waals surface area contributed by atoms with Crippen LogP contribution in [-0.4, -0.2) is 24.8 Å². The molecule has 1 amide bonds. The van der Waals surface area contributed by atoms with Crippen LogP contribution < -0.4 is 10.1 Å². The minimum atomic E-state index is -2.18. The van der Waals surface area contributed by atoms with Crippen LogP contribution in [0, 0.1) is 0 Å². The summed E-state index contributed by atoms with van der Waals surface area (Å²) in [6.45, 7) is 3.00. The molecule has 1 atom stereocenters. The van der Waals surface area contributed by atoms with Crippen molar-refractivity contribution in [2.24, 2.45) is 0 Å². The van der Waals surface area contributed by atoms with Gasteiger partial charge in [-0.05, 0) is 19.1 Å². The maximum atomic E-state index is 13.3. The summed E-state index contributed by atoms with van der Waals surface area (Å²) in [6, 6.07) is 6.06. The van der Waals surface area contributed by atoms with Gasteiger partial charge in [0.1, 0.15) is 5.75 Å². The van der Waals surface area contributed by atoms with Crippen molar-refractivity contribution in [3.05, 3.63) is 24.3 Å². The molecule has 0 aliphatic carbocycles. The predicted octanol–water partition coefficient (Wildman–Crippen LogP) is 1.88. The minimum absolute atomic E-state index is 0.0779. The highest BCUT2D eigenvalue weighted by atomic mass is 19.1. The third-order valence-electron chi connectivity index (χ3n) is 1.87. The number of benzene rings is 1. The Balaban J connectivity index is 2.66. The molecule has 0 bridgehead atoms. The highest BCUT2D eigenvalue weighted by Gasteiger charge is 2.20. The molecule has 98 valence electrons. The molecule has 0 aromatic heterocycles. The van der Waals surface area contributed by atoms with Crippen molar-refractivity contribution in [2.45, 2.75) is 20.2 Å². The molecule has 18 heavy (non-hydrogen) atoms. The first-order valence-electron chi connectivity index (χ1n) is 5.38. The van der Waals surface area contributed by atoms with Crippen molar-refractivity contribution in [2.75, 3.05) is 11.9 Å². The van der Waals surface area contributed by atoms with Gasteiger partial charge in [0.15, 0.2) is 0 Å². The summed E-state index contributed by atoms with van der Waals surface area (Å²) < 4.78 is 22.5. The highest BCUT2D eigenvalue weighted by molar-refractivity contribution is 5.88. The van der Waals surface area contributed by atoms with Gasteiger partial charge >= 0.3 is 12.3 Å². The SMILES string of the molecule is CCOC(=O)C(F)Oc1cccc(NC(C)=O)c1. The van der Waals surface area contributed by atoms with Crippen molar-refractivity contribution in [1.29, 1.82) is 0 Å². The van der Waals surface area contributed by atoms with Crippen LogP contribution in [0.3, 0.4) is 0 Å². The van der Waals surface area contributed by atoms with Gasteiger partial charge in [-0.2, -0.15) is 4.39 Å². The Bertz CT molecular complexity index is 436. The number of halogens is 1. The average molecular weight is 255 g/mol. The molecule has 0 aliphatic heterocycles. The third-order valence-corrected chi connectivity index (χ3v) is 1.87. The van der Waals surface area contributed by atoms with E-state index >= 15 is 0 Å². The van der Waals surface area contributed by atoms with E-state index < -0.39 is 12.3 Å². The number of hydrogen-bond donors (Lipinski definition) is 1. The Morgan fingerprint density at radius 3 is 2.78 bits per heavy atom. The van der Waals surface area contributed by atoms with Crippen LogP contribution >= 0.6 is 0 Å². The number of anilines is 1. The van der Waals surface area contributed by atoms with E-state index in [-0.39, 0.29) is 18.3 Å². The van der Waals surface area contributed by atoms with Gasteiger partial charge in [0.2, 0.25) is 5.91 Å². The topological polar surface area (TPSA) is 64.6 Å². The smallest absolute Gasteiger partial charge is 0.381 e. The number of carbonyl (C=O) groups is 2. The number of ether oxygens (including phenoxy) is 2. The first-order chi connectivity index (χ1) is 8.52. The lowest BCUT2D eigenvalue weighted by atomic mass is 10.3. The fourth-order valence-electron chi connectivity index (χ4n) is 1.23. The largest absolute Gasteiger partial charge is 0.461 e. The molecular weight excluding hydrogens is 241 g/mol. The van der Waals surface area contributed by atoms with Crippen LogP contribution in [0.25, 0.3) is 0 Å². The van der Waals surface area contributed by atoms with E-state index in [1.54, 1.807) is 19.1 Å². The standard InChI is InChI=1S/C12H14FNO4/c1-3-17-12(16)11(13)18-10-6-4-5-9(7-10)14-8(2)15/h4-7,11H,3H2,1-2H3,(H,14,15). The normalized spacial score (nSPS) is 11.5. The van der Waals surface area contributed by atoms with Gasteiger partial charge in [-0.1, -0.05) is 6.07 Å². The van der Waals surface area contributed by atoms with E-state index in [1.807, 2.05) is 0 Å². The van der Waals surface area contributed by atoms with E-state index in [0.29, 0.717) is 5.69 Å². The van der Waals surface area contributed by atoms with Crippen LogP contribution in [0.2, 0.25) is 0 Å². The van der Waals surface area contributed by atoms with Crippen molar-refractivity contribution in [1.82, 2.24) is 0 Å². The van der Waals surface area contributed by atoms with Crippen molar-refractivity contribution in [3.8, 4) is 5.75 Å². The molecule has 5 nitrogen and oxygen atoms in total. The van der Waals surface area contributed by atoms with Crippen LogP contribution in [0.15, 0.2) is 24.3 Å². The second-order valence-electron chi connectivity index (χ2n) is 3.39. The van der Waals surface area contributed by atoms with Gasteiger partial charge in [0.25, 0.3) is 0 Å². The molecule has 0 radical (unpaired) electrons. The molecule has 1 rings (SSSR count). The van der Waals surface area contributed by atoms with Gasteiger partial charge in [0.05, 0.1) is 6.61 Å². The molecule has 0 saturated heterocycles. The van der Waals surface area contributed by atoms with E-state index in [9.17, 15) is 14.0 Å². The summed E-state index contributed by atoms with van der Waals surface area (Å²) in [5.74, 6) is -1.21. The fraction of sp³-hybridized carbons (Fsp3) is 0.333. The molecule has 0 heterocycles. The fourth-order valence-corrected chi connectivity index (χ4v) is 1.23. The first kappa shape index (κ1) is 14.0. The zero-order valence-corrected chi connectivity index (χ0v) is 10.1. The molecule has 0 saturated carbocycles. The van der Waals surface area contributed by atoms with Crippen LogP contribution in [0.1, 0.15) is 13.8 Å². The molecule has 0 aliphatic rings. The Kier molecular flexibility index (Phi) is 5.10. The Morgan fingerprint density at radius 2 is 2.17 bits per heavy atom. The minimum Gasteiger partial charge on any atom is -0.461 e. The molecule has 0 fully saturated rings. The number of nitrogens with one attached hydrogen (secondary N) is 1. The second kappa shape index (κ2) is 6.58. The summed E-state index contributed by atoms with van der Waals surface area (Å²) in [6.07, 6.45) is -2.18. The zero-order chi connectivity index (χ0) is 13.5. The van der Waals surface area contributed by atoms with Crippen LogP contribution in [0.5, 0.6) is 5.75 Å². The second-order valence-corrected chi connectivity index (χ2v) is 3.39. The van der Waals surface area contributed by atoms with Gasteiger partial charge in [0, 0.05) is 18.7 Å². The van der Waals surface area contributed by atoms with Crippen molar-refractivity contribution in [3.63, 3.8) is 0 Å². The zero-order valence-electron chi connectivity index (χ0n) is 10.1. The Labute approximate surface area is 104 Å². The van der Waals surface area contributed by atoms with Crippen molar-refractivity contribution < 1.29 is 23.5 Å².